The van der Waals surface area contributed by atoms with Gasteiger partial charge in [0.05, 0.1) is 10.6 Å². The number of nitro benzene ring substituents is 1. The topological polar surface area (TPSA) is 97.2 Å². The highest BCUT2D eigenvalue weighted by Gasteiger charge is 2.14. The SMILES string of the molecule is O=C(CCNc1ccccc1[N+](=O)[O-])Nc1nc(-c2cc(F)ccc2F)cs1. The largest absolute Gasteiger partial charge is 0.379 e. The first-order chi connectivity index (χ1) is 13.4. The molecule has 0 fully saturated rings. The number of hydrogen-bond donors (Lipinski definition) is 2. The van der Waals surface area contributed by atoms with Gasteiger partial charge in [0, 0.05) is 30.0 Å². The van der Waals surface area contributed by atoms with Crippen molar-refractivity contribution in [3.8, 4) is 11.3 Å². The smallest absolute Gasteiger partial charge is 0.292 e. The third-order valence-electron chi connectivity index (χ3n) is 3.72. The Morgan fingerprint density at radius 2 is 2.00 bits per heavy atom. The van der Waals surface area contributed by atoms with E-state index in [0.29, 0.717) is 5.69 Å². The van der Waals surface area contributed by atoms with Crippen LogP contribution in [-0.4, -0.2) is 22.4 Å². The molecule has 7 nitrogen and oxygen atoms in total. The van der Waals surface area contributed by atoms with Crippen molar-refractivity contribution in [3.05, 3.63) is 69.6 Å². The molecule has 1 heterocycles. The standard InChI is InChI=1S/C18H14F2N4O3S/c19-11-5-6-13(20)12(9-11)15-10-28-18(22-15)23-17(25)7-8-21-14-3-1-2-4-16(14)24(26)27/h1-6,9-10,21H,7-8H2,(H,22,23,25). The minimum absolute atomic E-state index is 0.00908. The molecular formula is C18H14F2N4O3S. The number of carbonyl (C=O) groups is 1. The summed E-state index contributed by atoms with van der Waals surface area (Å²) >= 11 is 1.08. The van der Waals surface area contributed by atoms with E-state index in [-0.39, 0.29) is 40.9 Å². The fourth-order valence-corrected chi connectivity index (χ4v) is 3.15. The van der Waals surface area contributed by atoms with Gasteiger partial charge in [-0.2, -0.15) is 0 Å². The predicted octanol–water partition coefficient (Wildman–Crippen LogP) is 4.44. The normalized spacial score (nSPS) is 10.5. The average molecular weight is 404 g/mol. The molecule has 0 bridgehead atoms. The monoisotopic (exact) mass is 404 g/mol. The van der Waals surface area contributed by atoms with Crippen molar-refractivity contribution in [2.75, 3.05) is 17.2 Å². The van der Waals surface area contributed by atoms with Crippen LogP contribution in [0.5, 0.6) is 0 Å². The van der Waals surface area contributed by atoms with Gasteiger partial charge in [0.2, 0.25) is 5.91 Å². The van der Waals surface area contributed by atoms with E-state index in [4.69, 9.17) is 0 Å². The second kappa shape index (κ2) is 8.53. The van der Waals surface area contributed by atoms with Crippen LogP contribution in [0.4, 0.5) is 25.3 Å². The van der Waals surface area contributed by atoms with Gasteiger partial charge < -0.3 is 10.6 Å². The zero-order chi connectivity index (χ0) is 20.1. The molecule has 10 heteroatoms. The summed E-state index contributed by atoms with van der Waals surface area (Å²) in [6.07, 6.45) is 0.0370. The zero-order valence-electron chi connectivity index (χ0n) is 14.3. The Balaban J connectivity index is 1.57. The molecule has 0 unspecified atom stereocenters. The van der Waals surface area contributed by atoms with Crippen LogP contribution >= 0.6 is 11.3 Å². The molecule has 144 valence electrons. The van der Waals surface area contributed by atoms with Gasteiger partial charge in [-0.15, -0.1) is 11.3 Å². The Hall–Kier alpha value is -3.40. The van der Waals surface area contributed by atoms with E-state index >= 15 is 0 Å². The maximum Gasteiger partial charge on any atom is 0.292 e. The first-order valence-corrected chi connectivity index (χ1v) is 9.00. The summed E-state index contributed by atoms with van der Waals surface area (Å²) < 4.78 is 27.1. The van der Waals surface area contributed by atoms with Crippen molar-refractivity contribution >= 4 is 33.8 Å². The molecule has 1 amide bonds. The van der Waals surface area contributed by atoms with E-state index in [1.807, 2.05) is 0 Å². The molecule has 0 saturated heterocycles. The number of amides is 1. The van der Waals surface area contributed by atoms with E-state index < -0.39 is 16.6 Å². The summed E-state index contributed by atoms with van der Waals surface area (Å²) in [5.74, 6) is -1.57. The van der Waals surface area contributed by atoms with Gasteiger partial charge in [0.15, 0.2) is 5.13 Å². The van der Waals surface area contributed by atoms with Crippen LogP contribution in [0.1, 0.15) is 6.42 Å². The lowest BCUT2D eigenvalue weighted by Gasteiger charge is -2.06. The van der Waals surface area contributed by atoms with Crippen molar-refractivity contribution in [2.24, 2.45) is 0 Å². The fourth-order valence-electron chi connectivity index (χ4n) is 2.42. The average Bonchev–Trinajstić information content (AvgIpc) is 3.12. The molecule has 3 rings (SSSR count). The first-order valence-electron chi connectivity index (χ1n) is 8.12. The van der Waals surface area contributed by atoms with Gasteiger partial charge in [-0.05, 0) is 24.3 Å². The summed E-state index contributed by atoms with van der Waals surface area (Å²) in [5.41, 5.74) is 0.466. The molecule has 1 aromatic heterocycles. The summed E-state index contributed by atoms with van der Waals surface area (Å²) in [7, 11) is 0. The van der Waals surface area contributed by atoms with Crippen LogP contribution in [0.2, 0.25) is 0 Å². The van der Waals surface area contributed by atoms with E-state index in [9.17, 15) is 23.7 Å². The maximum atomic E-state index is 13.8. The number of hydrogen-bond acceptors (Lipinski definition) is 6. The van der Waals surface area contributed by atoms with E-state index in [2.05, 4.69) is 15.6 Å². The minimum atomic E-state index is -0.613. The van der Waals surface area contributed by atoms with Crippen molar-refractivity contribution in [2.45, 2.75) is 6.42 Å². The summed E-state index contributed by atoms with van der Waals surface area (Å²) in [6.45, 7) is 0.174. The highest BCUT2D eigenvalue weighted by Crippen LogP contribution is 2.28. The molecule has 28 heavy (non-hydrogen) atoms. The Bertz CT molecular complexity index is 1030. The quantitative estimate of drug-likeness (QED) is 0.448. The third kappa shape index (κ3) is 4.65. The van der Waals surface area contributed by atoms with Gasteiger partial charge in [0.25, 0.3) is 5.69 Å². The van der Waals surface area contributed by atoms with Crippen LogP contribution in [0, 0.1) is 21.7 Å². The van der Waals surface area contributed by atoms with Crippen LogP contribution in [0.15, 0.2) is 47.8 Å². The van der Waals surface area contributed by atoms with Gasteiger partial charge in [-0.1, -0.05) is 12.1 Å². The Morgan fingerprint density at radius 3 is 2.79 bits per heavy atom. The number of halogens is 2. The van der Waals surface area contributed by atoms with Crippen LogP contribution < -0.4 is 10.6 Å². The molecule has 0 atom stereocenters. The van der Waals surface area contributed by atoms with E-state index in [1.54, 1.807) is 18.2 Å². The number of para-hydroxylation sites is 2. The number of nitro groups is 1. The van der Waals surface area contributed by atoms with Crippen LogP contribution in [0.25, 0.3) is 11.3 Å². The number of nitrogens with one attached hydrogen (secondary N) is 2. The number of carbonyl (C=O) groups excluding carboxylic acids is 1. The molecule has 0 aliphatic heterocycles. The molecule has 0 radical (unpaired) electrons. The number of aromatic nitrogens is 1. The fraction of sp³-hybridized carbons (Fsp3) is 0.111. The molecule has 3 aromatic rings. The Labute approximate surface area is 162 Å². The lowest BCUT2D eigenvalue weighted by molar-refractivity contribution is -0.384. The van der Waals surface area contributed by atoms with E-state index in [1.165, 1.54) is 11.4 Å². The second-order valence-electron chi connectivity index (χ2n) is 5.66. The summed E-state index contributed by atoms with van der Waals surface area (Å²) in [4.78, 5) is 26.6. The van der Waals surface area contributed by atoms with Gasteiger partial charge in [0.1, 0.15) is 17.3 Å². The lowest BCUT2D eigenvalue weighted by atomic mass is 10.1. The molecule has 0 spiro atoms. The minimum Gasteiger partial charge on any atom is -0.379 e. The third-order valence-corrected chi connectivity index (χ3v) is 4.48. The molecule has 0 aliphatic carbocycles. The van der Waals surface area contributed by atoms with Crippen LogP contribution in [-0.2, 0) is 4.79 Å². The van der Waals surface area contributed by atoms with Crippen molar-refractivity contribution < 1.29 is 18.5 Å². The van der Waals surface area contributed by atoms with Crippen LogP contribution in [0.3, 0.4) is 0 Å². The number of rotatable bonds is 7. The molecule has 2 N–H and O–H groups in total. The summed E-state index contributed by atoms with van der Waals surface area (Å²) in [6, 6.07) is 9.18. The van der Waals surface area contributed by atoms with Crippen molar-refractivity contribution in [1.29, 1.82) is 0 Å². The Kier molecular flexibility index (Phi) is 5.90. The molecule has 2 aromatic carbocycles. The first kappa shape index (κ1) is 19.4. The molecular weight excluding hydrogens is 390 g/mol. The number of nitrogens with zero attached hydrogens (tertiary/aromatic N) is 2. The van der Waals surface area contributed by atoms with Crippen molar-refractivity contribution in [1.82, 2.24) is 4.98 Å². The predicted molar refractivity (Wildman–Crippen MR) is 102 cm³/mol. The molecule has 0 saturated carbocycles. The lowest BCUT2D eigenvalue weighted by Crippen LogP contribution is -2.16. The number of benzene rings is 2. The van der Waals surface area contributed by atoms with Gasteiger partial charge >= 0.3 is 0 Å². The summed E-state index contributed by atoms with van der Waals surface area (Å²) in [5, 5.41) is 18.1. The zero-order valence-corrected chi connectivity index (χ0v) is 15.1. The second-order valence-corrected chi connectivity index (χ2v) is 6.52. The highest BCUT2D eigenvalue weighted by atomic mass is 32.1. The number of thiazole rings is 1. The highest BCUT2D eigenvalue weighted by molar-refractivity contribution is 7.14. The van der Waals surface area contributed by atoms with Gasteiger partial charge in [-0.3, -0.25) is 14.9 Å². The maximum absolute atomic E-state index is 13.8. The number of anilines is 2. The Morgan fingerprint density at radius 1 is 1.21 bits per heavy atom. The van der Waals surface area contributed by atoms with Crippen molar-refractivity contribution in [3.63, 3.8) is 0 Å². The molecule has 0 aliphatic rings. The van der Waals surface area contributed by atoms with E-state index in [0.717, 1.165) is 29.5 Å². The van der Waals surface area contributed by atoms with Gasteiger partial charge in [-0.25, -0.2) is 13.8 Å².